The lowest BCUT2D eigenvalue weighted by atomic mass is 10.1. The minimum absolute atomic E-state index is 0. The van der Waals surface area contributed by atoms with Gasteiger partial charge in [0, 0.05) is 27.2 Å². The molecule has 2 amide bonds. The highest BCUT2D eigenvalue weighted by molar-refractivity contribution is 14.0. The van der Waals surface area contributed by atoms with Crippen LogP contribution in [0, 0.1) is 0 Å². The topological polar surface area (TPSA) is 95.1 Å². The number of alkyl carbamates (subject to hydrolysis) is 1. The Kier molecular flexibility index (Phi) is 12.3. The molecule has 1 aromatic rings. The van der Waals surface area contributed by atoms with Gasteiger partial charge in [0.1, 0.15) is 12.1 Å². The summed E-state index contributed by atoms with van der Waals surface area (Å²) in [4.78, 5) is 29.4. The van der Waals surface area contributed by atoms with E-state index in [1.807, 2.05) is 58.0 Å². The normalized spacial score (nSPS) is 12.3. The summed E-state index contributed by atoms with van der Waals surface area (Å²) < 4.78 is 5.20. The van der Waals surface area contributed by atoms with Gasteiger partial charge in [-0.25, -0.2) is 9.79 Å². The van der Waals surface area contributed by atoms with E-state index >= 15 is 0 Å². The van der Waals surface area contributed by atoms with Crippen LogP contribution in [-0.4, -0.2) is 62.2 Å². The van der Waals surface area contributed by atoms with Crippen LogP contribution in [0.4, 0.5) is 4.79 Å². The number of nitrogens with zero attached hydrogens (tertiary/aromatic N) is 2. The van der Waals surface area contributed by atoms with E-state index in [4.69, 9.17) is 4.74 Å². The summed E-state index contributed by atoms with van der Waals surface area (Å²) in [5.74, 6) is 0.401. The fourth-order valence-electron chi connectivity index (χ4n) is 2.13. The van der Waals surface area contributed by atoms with Crippen LogP contribution < -0.4 is 16.0 Å². The summed E-state index contributed by atoms with van der Waals surface area (Å²) in [6, 6.07) is 9.94. The molecule has 0 radical (unpaired) electrons. The van der Waals surface area contributed by atoms with E-state index in [9.17, 15) is 9.59 Å². The molecule has 0 bridgehead atoms. The number of aliphatic imine (C=N–C) groups is 1. The van der Waals surface area contributed by atoms with E-state index in [2.05, 4.69) is 20.9 Å². The number of nitrogens with one attached hydrogen (secondary N) is 3. The van der Waals surface area contributed by atoms with Crippen LogP contribution in [0.15, 0.2) is 35.3 Å². The Morgan fingerprint density at radius 2 is 1.69 bits per heavy atom. The summed E-state index contributed by atoms with van der Waals surface area (Å²) in [6.07, 6.45) is -0.471. The second-order valence-electron chi connectivity index (χ2n) is 7.59. The molecule has 0 aromatic heterocycles. The Bertz CT molecular complexity index is 660. The van der Waals surface area contributed by atoms with Crippen molar-refractivity contribution in [1.29, 1.82) is 0 Å². The Hall–Kier alpha value is -2.04. The average Bonchev–Trinajstić information content (AvgIpc) is 2.61. The Balaban J connectivity index is 0.00000784. The highest BCUT2D eigenvalue weighted by Gasteiger charge is 2.15. The number of guanidine groups is 1. The van der Waals surface area contributed by atoms with Crippen LogP contribution in [-0.2, 0) is 9.53 Å². The van der Waals surface area contributed by atoms with Crippen molar-refractivity contribution in [3.63, 3.8) is 0 Å². The molecular formula is C20H34IN5O3. The molecule has 0 aliphatic carbocycles. The maximum absolute atomic E-state index is 11.8. The number of carbonyl (C=O) groups excluding carboxylic acids is 2. The van der Waals surface area contributed by atoms with Crippen LogP contribution in [0.1, 0.15) is 39.3 Å². The molecule has 3 N–H and O–H groups in total. The van der Waals surface area contributed by atoms with Gasteiger partial charge < -0.3 is 25.6 Å². The predicted molar refractivity (Wildman–Crippen MR) is 127 cm³/mol. The lowest BCUT2D eigenvalue weighted by molar-refractivity contribution is -0.127. The van der Waals surface area contributed by atoms with Crippen molar-refractivity contribution in [2.45, 2.75) is 39.3 Å². The van der Waals surface area contributed by atoms with Crippen LogP contribution in [0.3, 0.4) is 0 Å². The first-order chi connectivity index (χ1) is 13.1. The van der Waals surface area contributed by atoms with Gasteiger partial charge in [-0.1, -0.05) is 30.3 Å². The largest absolute Gasteiger partial charge is 0.444 e. The number of benzene rings is 1. The molecule has 0 spiro atoms. The summed E-state index contributed by atoms with van der Waals surface area (Å²) in [5, 5.41) is 9.09. The number of carbonyl (C=O) groups is 2. The molecule has 9 heteroatoms. The van der Waals surface area contributed by atoms with E-state index in [1.54, 1.807) is 14.1 Å². The minimum atomic E-state index is -0.538. The third kappa shape index (κ3) is 12.2. The van der Waals surface area contributed by atoms with Gasteiger partial charge in [-0.15, -0.1) is 24.0 Å². The summed E-state index contributed by atoms with van der Waals surface area (Å²) in [5.41, 5.74) is 0.561. The summed E-state index contributed by atoms with van der Waals surface area (Å²) >= 11 is 0. The number of ether oxygens (including phenoxy) is 1. The maximum Gasteiger partial charge on any atom is 0.407 e. The van der Waals surface area contributed by atoms with Crippen molar-refractivity contribution in [2.75, 3.05) is 33.7 Å². The predicted octanol–water partition coefficient (Wildman–Crippen LogP) is 2.51. The summed E-state index contributed by atoms with van der Waals surface area (Å²) in [7, 11) is 3.38. The SMILES string of the molecule is CC(NC(=NCC(=O)N(C)C)NCCNC(=O)OC(C)(C)C)c1ccccc1.I. The molecule has 0 fully saturated rings. The highest BCUT2D eigenvalue weighted by atomic mass is 127. The molecule has 0 saturated heterocycles. The zero-order chi connectivity index (χ0) is 21.2. The zero-order valence-electron chi connectivity index (χ0n) is 18.1. The number of hydrogen-bond donors (Lipinski definition) is 3. The molecule has 0 saturated carbocycles. The van der Waals surface area contributed by atoms with Crippen molar-refractivity contribution in [2.24, 2.45) is 4.99 Å². The third-order valence-electron chi connectivity index (χ3n) is 3.61. The molecule has 1 unspecified atom stereocenters. The van der Waals surface area contributed by atoms with E-state index in [0.29, 0.717) is 19.0 Å². The molecule has 0 aliphatic heterocycles. The monoisotopic (exact) mass is 519 g/mol. The lowest BCUT2D eigenvalue weighted by Crippen LogP contribution is -2.43. The Morgan fingerprint density at radius 1 is 1.10 bits per heavy atom. The molecule has 8 nitrogen and oxygen atoms in total. The molecule has 0 heterocycles. The second-order valence-corrected chi connectivity index (χ2v) is 7.59. The molecular weight excluding hydrogens is 485 g/mol. The van der Waals surface area contributed by atoms with Crippen LogP contribution in [0.2, 0.25) is 0 Å². The van der Waals surface area contributed by atoms with Crippen molar-refractivity contribution < 1.29 is 14.3 Å². The van der Waals surface area contributed by atoms with Gasteiger partial charge in [0.15, 0.2) is 5.96 Å². The number of amides is 2. The second kappa shape index (κ2) is 13.2. The molecule has 1 aromatic carbocycles. The number of halogens is 1. The lowest BCUT2D eigenvalue weighted by Gasteiger charge is -2.21. The number of hydrogen-bond acceptors (Lipinski definition) is 4. The maximum atomic E-state index is 11.8. The fourth-order valence-corrected chi connectivity index (χ4v) is 2.13. The first-order valence-corrected chi connectivity index (χ1v) is 9.35. The summed E-state index contributed by atoms with van der Waals surface area (Å²) in [6.45, 7) is 8.27. The van der Waals surface area contributed by atoms with Crippen molar-refractivity contribution >= 4 is 41.9 Å². The minimum Gasteiger partial charge on any atom is -0.444 e. The van der Waals surface area contributed by atoms with Gasteiger partial charge in [-0.3, -0.25) is 4.79 Å². The smallest absolute Gasteiger partial charge is 0.407 e. The molecule has 29 heavy (non-hydrogen) atoms. The first kappa shape index (κ1) is 27.0. The van der Waals surface area contributed by atoms with Gasteiger partial charge in [-0.05, 0) is 33.3 Å². The van der Waals surface area contributed by atoms with Gasteiger partial charge in [0.05, 0.1) is 6.04 Å². The molecule has 1 atom stereocenters. The molecule has 1 rings (SSSR count). The van der Waals surface area contributed by atoms with E-state index in [0.717, 1.165) is 5.56 Å². The zero-order valence-corrected chi connectivity index (χ0v) is 20.4. The van der Waals surface area contributed by atoms with Crippen LogP contribution in [0.25, 0.3) is 0 Å². The Morgan fingerprint density at radius 3 is 2.24 bits per heavy atom. The van der Waals surface area contributed by atoms with Gasteiger partial charge in [0.25, 0.3) is 0 Å². The first-order valence-electron chi connectivity index (χ1n) is 9.35. The van der Waals surface area contributed by atoms with Crippen molar-refractivity contribution in [3.05, 3.63) is 35.9 Å². The number of rotatable bonds is 7. The molecule has 0 aliphatic rings. The highest BCUT2D eigenvalue weighted by Crippen LogP contribution is 2.10. The van der Waals surface area contributed by atoms with Crippen molar-refractivity contribution in [1.82, 2.24) is 20.9 Å². The van der Waals surface area contributed by atoms with Crippen LogP contribution >= 0.6 is 24.0 Å². The van der Waals surface area contributed by atoms with E-state index in [1.165, 1.54) is 4.90 Å². The van der Waals surface area contributed by atoms with Gasteiger partial charge in [0.2, 0.25) is 5.91 Å². The average molecular weight is 519 g/mol. The van der Waals surface area contributed by atoms with Gasteiger partial charge >= 0.3 is 6.09 Å². The molecule has 164 valence electrons. The van der Waals surface area contributed by atoms with E-state index < -0.39 is 11.7 Å². The van der Waals surface area contributed by atoms with Gasteiger partial charge in [-0.2, -0.15) is 0 Å². The van der Waals surface area contributed by atoms with E-state index in [-0.39, 0.29) is 42.5 Å². The van der Waals surface area contributed by atoms with Crippen molar-refractivity contribution in [3.8, 4) is 0 Å². The fraction of sp³-hybridized carbons (Fsp3) is 0.550. The third-order valence-corrected chi connectivity index (χ3v) is 3.61. The number of likely N-dealkylation sites (N-methyl/N-ethyl adjacent to an activating group) is 1. The standard InChI is InChI=1S/C20H33N5O3.HI/c1-15(16-10-8-7-9-11-16)24-18(23-14-17(26)25(5)6)21-12-13-22-19(27)28-20(2,3)4;/h7-11,15H,12-14H2,1-6H3,(H,22,27)(H2,21,23,24);1H. The Labute approximate surface area is 190 Å². The quantitative estimate of drug-likeness (QED) is 0.223. The van der Waals surface area contributed by atoms with Crippen LogP contribution in [0.5, 0.6) is 0 Å².